The molecule has 0 N–H and O–H groups in total. The summed E-state index contributed by atoms with van der Waals surface area (Å²) in [5.74, 6) is 5.11. The zero-order chi connectivity index (χ0) is 14.5. The minimum absolute atomic E-state index is 1.27. The van der Waals surface area contributed by atoms with Crippen molar-refractivity contribution in [1.82, 2.24) is 0 Å². The highest BCUT2D eigenvalue weighted by Crippen LogP contribution is 2.72. The molecule has 0 amide bonds. The molecule has 0 radical (unpaired) electrons. The zero-order valence-corrected chi connectivity index (χ0v) is 19.1. The van der Waals surface area contributed by atoms with Gasteiger partial charge in [0, 0.05) is 23.0 Å². The maximum atomic E-state index is 2.05. The first-order chi connectivity index (χ1) is 10.9. The first-order valence-electron chi connectivity index (χ1n) is 6.42. The third-order valence-corrected chi connectivity index (χ3v) is 18.0. The van der Waals surface area contributed by atoms with Gasteiger partial charge >= 0.3 is 0 Å². The summed E-state index contributed by atoms with van der Waals surface area (Å²) in [6, 6.07) is 0. The lowest BCUT2D eigenvalue weighted by Crippen LogP contribution is -1.88. The molecule has 1 saturated heterocycles. The van der Waals surface area contributed by atoms with Crippen molar-refractivity contribution in [3.05, 3.63) is 33.9 Å². The standard InChI is InChI=1S/C12H8S10/c1-2-14-5(13-1)8-19-11-12(20-8)22-10(21-11)9-17-6-7(18-9)16-4-3-15-6/h1-4H2. The molecule has 0 atom stereocenters. The van der Waals surface area contributed by atoms with Crippen molar-refractivity contribution in [3.63, 3.8) is 0 Å². The lowest BCUT2D eigenvalue weighted by atomic mass is 11.0. The normalized spacial score (nSPS) is 28.4. The van der Waals surface area contributed by atoms with Crippen LogP contribution in [0.4, 0.5) is 0 Å². The van der Waals surface area contributed by atoms with E-state index in [1.165, 1.54) is 44.2 Å². The topological polar surface area (TPSA) is 0 Å². The van der Waals surface area contributed by atoms with E-state index in [4.69, 9.17) is 0 Å². The molecule has 5 aliphatic rings. The van der Waals surface area contributed by atoms with Crippen LogP contribution in [-0.2, 0) is 0 Å². The van der Waals surface area contributed by atoms with Crippen LogP contribution in [0.5, 0.6) is 0 Å². The SMILES string of the molecule is C1CSC(=C2SC3=C(S2)SC(=C2SC4=C(SCCS4)S2)S3)S1. The second-order valence-corrected chi connectivity index (χ2v) is 16.9. The first kappa shape index (κ1) is 16.6. The minimum atomic E-state index is 1.27. The Morgan fingerprint density at radius 2 is 0.591 bits per heavy atom. The average Bonchev–Trinajstić information content (AvgIpc) is 3.27. The van der Waals surface area contributed by atoms with Crippen molar-refractivity contribution in [2.75, 3.05) is 23.0 Å². The van der Waals surface area contributed by atoms with Gasteiger partial charge in [-0.05, 0) is 0 Å². The Labute approximate surface area is 172 Å². The number of rotatable bonds is 0. The molecule has 1 fully saturated rings. The summed E-state index contributed by atoms with van der Waals surface area (Å²) in [4.78, 5) is 0. The molecule has 0 saturated carbocycles. The smallest absolute Gasteiger partial charge is 0.0718 e. The van der Waals surface area contributed by atoms with Gasteiger partial charge in [0.15, 0.2) is 0 Å². The van der Waals surface area contributed by atoms with Gasteiger partial charge in [0.05, 0.1) is 33.9 Å². The molecule has 10 heteroatoms. The van der Waals surface area contributed by atoms with Gasteiger partial charge in [-0.15, -0.1) is 47.0 Å². The Morgan fingerprint density at radius 3 is 1.00 bits per heavy atom. The number of hydrogen-bond donors (Lipinski definition) is 0. The fraction of sp³-hybridized carbons (Fsp3) is 0.333. The van der Waals surface area contributed by atoms with E-state index in [0.29, 0.717) is 0 Å². The first-order valence-corrected chi connectivity index (χ1v) is 15.3. The second-order valence-electron chi connectivity index (χ2n) is 4.31. The molecule has 0 aromatic rings. The highest BCUT2D eigenvalue weighted by molar-refractivity contribution is 8.50. The zero-order valence-electron chi connectivity index (χ0n) is 10.9. The van der Waals surface area contributed by atoms with Gasteiger partial charge in [-0.3, -0.25) is 0 Å². The van der Waals surface area contributed by atoms with E-state index in [9.17, 15) is 0 Å². The van der Waals surface area contributed by atoms with E-state index in [0.717, 1.165) is 0 Å². The Kier molecular flexibility index (Phi) is 5.46. The van der Waals surface area contributed by atoms with Gasteiger partial charge in [0.1, 0.15) is 0 Å². The summed E-state index contributed by atoms with van der Waals surface area (Å²) < 4.78 is 12.3. The van der Waals surface area contributed by atoms with E-state index >= 15 is 0 Å². The van der Waals surface area contributed by atoms with Crippen LogP contribution >= 0.6 is 118 Å². The lowest BCUT2D eigenvalue weighted by molar-refractivity contribution is 1.56. The molecule has 0 aromatic heterocycles. The molecule has 0 bridgehead atoms. The second kappa shape index (κ2) is 7.23. The molecular weight excluding hydrogens is 465 g/mol. The average molecular weight is 473 g/mol. The Hall–Kier alpha value is 2.46. The Balaban J connectivity index is 1.31. The monoisotopic (exact) mass is 472 g/mol. The molecule has 5 aliphatic heterocycles. The van der Waals surface area contributed by atoms with Crippen molar-refractivity contribution in [3.8, 4) is 0 Å². The third-order valence-electron chi connectivity index (χ3n) is 2.88. The third kappa shape index (κ3) is 3.24. The van der Waals surface area contributed by atoms with E-state index < -0.39 is 0 Å². The van der Waals surface area contributed by atoms with Crippen LogP contribution in [0.25, 0.3) is 0 Å². The Morgan fingerprint density at radius 1 is 0.318 bits per heavy atom. The van der Waals surface area contributed by atoms with Crippen LogP contribution in [0.3, 0.4) is 0 Å². The summed E-state index contributed by atoms with van der Waals surface area (Å²) >= 11 is 20.3. The molecule has 5 rings (SSSR count). The molecule has 0 aliphatic carbocycles. The fourth-order valence-electron chi connectivity index (χ4n) is 1.98. The van der Waals surface area contributed by atoms with Gasteiger partial charge in [0.25, 0.3) is 0 Å². The molecule has 116 valence electrons. The molecule has 0 nitrogen and oxygen atoms in total. The van der Waals surface area contributed by atoms with Crippen molar-refractivity contribution in [2.24, 2.45) is 0 Å². The highest BCUT2D eigenvalue weighted by atomic mass is 32.3. The minimum Gasteiger partial charge on any atom is -0.117 e. The fourth-order valence-corrected chi connectivity index (χ4v) is 17.5. The van der Waals surface area contributed by atoms with Gasteiger partial charge in [-0.2, -0.15) is 0 Å². The number of hydrogen-bond acceptors (Lipinski definition) is 10. The summed E-state index contributed by atoms with van der Waals surface area (Å²) in [5, 5.41) is 0. The van der Waals surface area contributed by atoms with Crippen molar-refractivity contribution in [2.45, 2.75) is 0 Å². The van der Waals surface area contributed by atoms with E-state index in [2.05, 4.69) is 0 Å². The van der Waals surface area contributed by atoms with E-state index in [1.54, 1.807) is 12.7 Å². The molecule has 5 heterocycles. The highest BCUT2D eigenvalue weighted by Gasteiger charge is 2.36. The van der Waals surface area contributed by atoms with Crippen molar-refractivity contribution >= 4 is 118 Å². The molecule has 0 unspecified atom stereocenters. The van der Waals surface area contributed by atoms with Crippen LogP contribution in [-0.4, -0.2) is 23.0 Å². The van der Waals surface area contributed by atoms with Crippen LogP contribution < -0.4 is 0 Å². The van der Waals surface area contributed by atoms with Crippen LogP contribution in [0.2, 0.25) is 0 Å². The summed E-state index contributed by atoms with van der Waals surface area (Å²) in [6.07, 6.45) is 0. The molecular formula is C12H8S10. The van der Waals surface area contributed by atoms with Crippen molar-refractivity contribution < 1.29 is 0 Å². The summed E-state index contributed by atoms with van der Waals surface area (Å²) in [6.45, 7) is 0. The molecule has 0 spiro atoms. The molecule has 22 heavy (non-hydrogen) atoms. The van der Waals surface area contributed by atoms with Gasteiger partial charge < -0.3 is 0 Å². The maximum Gasteiger partial charge on any atom is 0.0718 e. The predicted molar refractivity (Wildman–Crippen MR) is 123 cm³/mol. The lowest BCUT2D eigenvalue weighted by Gasteiger charge is -2.08. The maximum absolute atomic E-state index is 2.05. The van der Waals surface area contributed by atoms with Gasteiger partial charge in [-0.25, -0.2) is 0 Å². The summed E-state index contributed by atoms with van der Waals surface area (Å²) in [7, 11) is 0. The van der Waals surface area contributed by atoms with Gasteiger partial charge in [-0.1, -0.05) is 70.6 Å². The van der Waals surface area contributed by atoms with Crippen LogP contribution in [0.15, 0.2) is 33.9 Å². The van der Waals surface area contributed by atoms with Crippen LogP contribution in [0.1, 0.15) is 0 Å². The van der Waals surface area contributed by atoms with Crippen molar-refractivity contribution in [1.29, 1.82) is 0 Å². The van der Waals surface area contributed by atoms with E-state index in [1.807, 2.05) is 118 Å². The quantitative estimate of drug-likeness (QED) is 0.339. The Bertz CT molecular complexity index is 619. The van der Waals surface area contributed by atoms with Gasteiger partial charge in [0.2, 0.25) is 0 Å². The number of thioether (sulfide) groups is 10. The predicted octanol–water partition coefficient (Wildman–Crippen LogP) is 7.89. The van der Waals surface area contributed by atoms with E-state index in [-0.39, 0.29) is 0 Å². The molecule has 0 aromatic carbocycles. The summed E-state index contributed by atoms with van der Waals surface area (Å²) in [5.41, 5.74) is 0. The van der Waals surface area contributed by atoms with Crippen LogP contribution in [0, 0.1) is 0 Å². The largest absolute Gasteiger partial charge is 0.117 e.